The van der Waals surface area contributed by atoms with Crippen molar-refractivity contribution < 1.29 is 14.3 Å². The van der Waals surface area contributed by atoms with E-state index in [1.807, 2.05) is 31.2 Å². The van der Waals surface area contributed by atoms with Crippen LogP contribution in [0.5, 0.6) is 5.75 Å². The highest BCUT2D eigenvalue weighted by molar-refractivity contribution is 6.04. The number of nitrogens with zero attached hydrogens (tertiary/aromatic N) is 3. The second kappa shape index (κ2) is 8.92. The van der Waals surface area contributed by atoms with Crippen molar-refractivity contribution in [3.05, 3.63) is 53.6 Å². The van der Waals surface area contributed by atoms with Crippen LogP contribution in [0.15, 0.2) is 42.5 Å². The molecule has 168 valence electrons. The summed E-state index contributed by atoms with van der Waals surface area (Å²) < 4.78 is 5.61. The number of piperazine rings is 1. The summed E-state index contributed by atoms with van der Waals surface area (Å²) in [6.45, 7) is 7.63. The monoisotopic (exact) mass is 434 g/mol. The molecule has 1 N–H and O–H groups in total. The van der Waals surface area contributed by atoms with Gasteiger partial charge in [0.05, 0.1) is 24.5 Å². The van der Waals surface area contributed by atoms with Crippen LogP contribution in [0.4, 0.5) is 11.4 Å². The molecule has 7 nitrogen and oxygen atoms in total. The zero-order valence-corrected chi connectivity index (χ0v) is 18.5. The fraction of sp³-hybridized carbons (Fsp3) is 0.440. The Kier molecular flexibility index (Phi) is 5.85. The van der Waals surface area contributed by atoms with E-state index < -0.39 is 0 Å². The second-order valence-corrected chi connectivity index (χ2v) is 8.98. The lowest BCUT2D eigenvalue weighted by Gasteiger charge is -2.36. The molecule has 0 aliphatic carbocycles. The Balaban J connectivity index is 1.19. The highest BCUT2D eigenvalue weighted by atomic mass is 16.5. The number of anilines is 2. The molecular weight excluding hydrogens is 404 g/mol. The van der Waals surface area contributed by atoms with Crippen LogP contribution in [0.25, 0.3) is 0 Å². The van der Waals surface area contributed by atoms with Crippen LogP contribution in [-0.2, 0) is 22.6 Å². The molecule has 2 amide bonds. The number of hydrogen-bond donors (Lipinski definition) is 1. The average Bonchev–Trinajstić information content (AvgIpc) is 3.19. The molecule has 0 radical (unpaired) electrons. The molecule has 3 heterocycles. The molecule has 1 atom stereocenters. The van der Waals surface area contributed by atoms with Crippen molar-refractivity contribution in [1.82, 2.24) is 9.80 Å². The second-order valence-electron chi connectivity index (χ2n) is 8.98. The molecule has 0 unspecified atom stereocenters. The largest absolute Gasteiger partial charge is 0.493 e. The third kappa shape index (κ3) is 4.36. The lowest BCUT2D eigenvalue weighted by Crippen LogP contribution is -2.51. The molecular formula is C25H30N4O3. The van der Waals surface area contributed by atoms with E-state index in [1.165, 1.54) is 11.1 Å². The van der Waals surface area contributed by atoms with Crippen molar-refractivity contribution in [2.45, 2.75) is 32.4 Å². The summed E-state index contributed by atoms with van der Waals surface area (Å²) in [6.07, 6.45) is 1.30. The molecule has 3 aliphatic rings. The van der Waals surface area contributed by atoms with Crippen molar-refractivity contribution in [1.29, 1.82) is 0 Å². The number of carbonyl (C=O) groups excluding carboxylic acids is 2. The first-order chi connectivity index (χ1) is 15.6. The maximum atomic E-state index is 13.3. The number of rotatable bonds is 4. The Hall–Kier alpha value is -2.90. The molecule has 0 saturated carbocycles. The van der Waals surface area contributed by atoms with Crippen molar-refractivity contribution in [3.8, 4) is 5.75 Å². The van der Waals surface area contributed by atoms with Gasteiger partial charge < -0.3 is 15.0 Å². The van der Waals surface area contributed by atoms with Crippen LogP contribution in [0.3, 0.4) is 0 Å². The van der Waals surface area contributed by atoms with Gasteiger partial charge in [0.2, 0.25) is 11.8 Å². The highest BCUT2D eigenvalue weighted by Crippen LogP contribution is 2.31. The van der Waals surface area contributed by atoms with Gasteiger partial charge >= 0.3 is 0 Å². The first kappa shape index (κ1) is 21.0. The summed E-state index contributed by atoms with van der Waals surface area (Å²) in [5.74, 6) is 1.03. The summed E-state index contributed by atoms with van der Waals surface area (Å²) in [4.78, 5) is 32.0. The van der Waals surface area contributed by atoms with Gasteiger partial charge in [-0.15, -0.1) is 0 Å². The first-order valence-corrected chi connectivity index (χ1v) is 11.5. The van der Waals surface area contributed by atoms with Crippen molar-refractivity contribution in [2.75, 3.05) is 49.5 Å². The van der Waals surface area contributed by atoms with Gasteiger partial charge in [-0.1, -0.05) is 24.3 Å². The molecule has 32 heavy (non-hydrogen) atoms. The Bertz CT molecular complexity index is 1020. The maximum absolute atomic E-state index is 13.3. The number of ether oxygens (including phenoxy) is 1. The van der Waals surface area contributed by atoms with E-state index in [2.05, 4.69) is 33.3 Å². The fourth-order valence-corrected chi connectivity index (χ4v) is 4.94. The maximum Gasteiger partial charge on any atom is 0.241 e. The number of nitrogens with one attached hydrogen (secondary N) is 1. The van der Waals surface area contributed by atoms with Crippen molar-refractivity contribution in [2.24, 2.45) is 0 Å². The molecule has 3 aliphatic heterocycles. The van der Waals surface area contributed by atoms with Gasteiger partial charge in [0.25, 0.3) is 0 Å². The summed E-state index contributed by atoms with van der Waals surface area (Å²) in [5.41, 5.74) is 4.13. The van der Waals surface area contributed by atoms with E-state index in [-0.39, 0.29) is 17.9 Å². The van der Waals surface area contributed by atoms with Crippen LogP contribution < -0.4 is 15.0 Å². The van der Waals surface area contributed by atoms with E-state index in [1.54, 1.807) is 4.90 Å². The lowest BCUT2D eigenvalue weighted by atomic mass is 10.1. The van der Waals surface area contributed by atoms with Crippen LogP contribution in [0, 0.1) is 0 Å². The topological polar surface area (TPSA) is 65.1 Å². The summed E-state index contributed by atoms with van der Waals surface area (Å²) in [7, 11) is 0. The minimum Gasteiger partial charge on any atom is -0.493 e. The zero-order valence-electron chi connectivity index (χ0n) is 18.5. The number of amides is 2. The molecule has 5 rings (SSSR count). The van der Waals surface area contributed by atoms with E-state index >= 15 is 0 Å². The Morgan fingerprint density at radius 3 is 2.72 bits per heavy atom. The van der Waals surface area contributed by atoms with Gasteiger partial charge in [-0.2, -0.15) is 0 Å². The van der Waals surface area contributed by atoms with Gasteiger partial charge in [0.1, 0.15) is 5.75 Å². The fourth-order valence-electron chi connectivity index (χ4n) is 4.94. The molecule has 2 aromatic carbocycles. The predicted octanol–water partition coefficient (Wildman–Crippen LogP) is 2.50. The van der Waals surface area contributed by atoms with Crippen LogP contribution >= 0.6 is 0 Å². The molecule has 2 aromatic rings. The van der Waals surface area contributed by atoms with Crippen molar-refractivity contribution >= 4 is 23.2 Å². The van der Waals surface area contributed by atoms with Gasteiger partial charge in [-0.25, -0.2) is 0 Å². The number of hydrogen-bond acceptors (Lipinski definition) is 5. The van der Waals surface area contributed by atoms with Gasteiger partial charge in [0, 0.05) is 51.6 Å². The van der Waals surface area contributed by atoms with Gasteiger partial charge in [-0.3, -0.25) is 19.4 Å². The predicted molar refractivity (Wildman–Crippen MR) is 124 cm³/mol. The van der Waals surface area contributed by atoms with Gasteiger partial charge in [0.15, 0.2) is 0 Å². The first-order valence-electron chi connectivity index (χ1n) is 11.5. The molecule has 0 bridgehead atoms. The molecule has 1 saturated heterocycles. The molecule has 0 spiro atoms. The molecule has 0 aromatic heterocycles. The normalized spacial score (nSPS) is 21.3. The molecule has 1 fully saturated rings. The standard InChI is InChI=1S/C25H30N4O3/c1-18-14-24(30)26-21-4-2-3-5-22(21)29(18)25(31)17-28-11-9-27(10-12-28)16-19-6-7-23-20(15-19)8-13-32-23/h2-7,15,18H,8-14,16-17H2,1H3,(H,26,30)/t18-/m0/s1. The third-order valence-electron chi connectivity index (χ3n) is 6.61. The molecule has 7 heteroatoms. The zero-order chi connectivity index (χ0) is 22.1. The smallest absolute Gasteiger partial charge is 0.241 e. The van der Waals surface area contributed by atoms with E-state index in [4.69, 9.17) is 4.74 Å². The van der Waals surface area contributed by atoms with E-state index in [0.29, 0.717) is 18.7 Å². The number of benzene rings is 2. The summed E-state index contributed by atoms with van der Waals surface area (Å²) in [5, 5.41) is 2.92. The minimum atomic E-state index is -0.170. The number of fused-ring (bicyclic) bond motifs is 2. The van der Waals surface area contributed by atoms with Crippen LogP contribution in [0.1, 0.15) is 24.5 Å². The average molecular weight is 435 g/mol. The van der Waals surface area contributed by atoms with E-state index in [0.717, 1.165) is 57.2 Å². The highest BCUT2D eigenvalue weighted by Gasteiger charge is 2.31. The Morgan fingerprint density at radius 2 is 1.88 bits per heavy atom. The number of carbonyl (C=O) groups is 2. The van der Waals surface area contributed by atoms with Crippen LogP contribution in [-0.4, -0.2) is 67.0 Å². The summed E-state index contributed by atoms with van der Waals surface area (Å²) >= 11 is 0. The quantitative estimate of drug-likeness (QED) is 0.801. The minimum absolute atomic E-state index is 0.0491. The third-order valence-corrected chi connectivity index (χ3v) is 6.61. The summed E-state index contributed by atoms with van der Waals surface area (Å²) in [6, 6.07) is 13.9. The number of para-hydroxylation sites is 2. The SMILES string of the molecule is C[C@H]1CC(=O)Nc2ccccc2N1C(=O)CN1CCN(Cc2ccc3c(c2)CCO3)CC1. The van der Waals surface area contributed by atoms with Gasteiger partial charge in [-0.05, 0) is 36.2 Å². The van der Waals surface area contributed by atoms with Crippen LogP contribution in [0.2, 0.25) is 0 Å². The Labute approximate surface area is 188 Å². The van der Waals surface area contributed by atoms with E-state index in [9.17, 15) is 9.59 Å². The lowest BCUT2D eigenvalue weighted by molar-refractivity contribution is -0.120. The van der Waals surface area contributed by atoms with Crippen molar-refractivity contribution in [3.63, 3.8) is 0 Å². The Morgan fingerprint density at radius 1 is 1.09 bits per heavy atom.